The summed E-state index contributed by atoms with van der Waals surface area (Å²) >= 11 is 1.42. The van der Waals surface area contributed by atoms with E-state index in [1.165, 1.54) is 11.8 Å². The summed E-state index contributed by atoms with van der Waals surface area (Å²) in [6.45, 7) is 3.68. The molecule has 2 aliphatic heterocycles. The average molecular weight is 367 g/mol. The summed E-state index contributed by atoms with van der Waals surface area (Å²) in [4.78, 5) is 33.7. The van der Waals surface area contributed by atoms with Gasteiger partial charge in [0.15, 0.2) is 0 Å². The first-order chi connectivity index (χ1) is 11.8. The van der Waals surface area contributed by atoms with Crippen molar-refractivity contribution in [3.05, 3.63) is 35.9 Å². The van der Waals surface area contributed by atoms with Crippen molar-refractivity contribution in [2.24, 2.45) is 5.73 Å². The number of carbonyl (C=O) groups is 2. The number of hydrogen-bond acceptors (Lipinski definition) is 7. The first-order valence-corrected chi connectivity index (χ1v) is 8.77. The standard InChI is InChI=1S/C16H21N3O5S/c1-16(2)11(14(21)22)19-13(25-16)10(15-23-24-15)18-12(20)9(17)8-6-4-3-5-7-8/h3-7,9-11,13,15,19H,17H2,1-2H3,(H,18,20)(H,21,22)/t9-,10+,11-,13-/m0/s1. The molecule has 0 aliphatic carbocycles. The molecular weight excluding hydrogens is 346 g/mol. The van der Waals surface area contributed by atoms with Gasteiger partial charge in [-0.2, -0.15) is 9.78 Å². The van der Waals surface area contributed by atoms with E-state index >= 15 is 0 Å². The molecule has 0 radical (unpaired) electrons. The first-order valence-electron chi connectivity index (χ1n) is 7.89. The third-order valence-corrected chi connectivity index (χ3v) is 5.81. The number of nitrogens with one attached hydrogen (secondary N) is 2. The second-order valence-electron chi connectivity index (χ2n) is 6.56. The van der Waals surface area contributed by atoms with E-state index < -0.39 is 35.1 Å². The van der Waals surface area contributed by atoms with Crippen LogP contribution < -0.4 is 16.4 Å². The van der Waals surface area contributed by atoms with Gasteiger partial charge in [0, 0.05) is 4.75 Å². The van der Waals surface area contributed by atoms with Gasteiger partial charge in [0.1, 0.15) is 18.1 Å². The highest BCUT2D eigenvalue weighted by molar-refractivity contribution is 8.01. The van der Waals surface area contributed by atoms with Gasteiger partial charge in [-0.3, -0.25) is 14.9 Å². The van der Waals surface area contributed by atoms with Crippen LogP contribution in [-0.2, 0) is 19.4 Å². The van der Waals surface area contributed by atoms with Gasteiger partial charge in [0.2, 0.25) is 12.2 Å². The summed E-state index contributed by atoms with van der Waals surface area (Å²) in [7, 11) is 0. The lowest BCUT2D eigenvalue weighted by molar-refractivity contribution is -0.139. The lowest BCUT2D eigenvalue weighted by atomic mass is 10.0. The van der Waals surface area contributed by atoms with E-state index in [1.807, 2.05) is 19.9 Å². The van der Waals surface area contributed by atoms with E-state index in [0.29, 0.717) is 5.56 Å². The van der Waals surface area contributed by atoms with Gasteiger partial charge in [-0.25, -0.2) is 0 Å². The molecule has 0 bridgehead atoms. The molecule has 0 aromatic heterocycles. The Bertz CT molecular complexity index is 652. The van der Waals surface area contributed by atoms with Crippen LogP contribution in [0.15, 0.2) is 30.3 Å². The Morgan fingerprint density at radius 1 is 1.32 bits per heavy atom. The number of carboxylic acids is 1. The van der Waals surface area contributed by atoms with E-state index in [2.05, 4.69) is 10.6 Å². The number of hydrogen-bond donors (Lipinski definition) is 4. The molecule has 5 N–H and O–H groups in total. The second kappa shape index (κ2) is 6.93. The molecule has 8 nitrogen and oxygen atoms in total. The van der Waals surface area contributed by atoms with Crippen LogP contribution in [0.3, 0.4) is 0 Å². The molecule has 9 heteroatoms. The summed E-state index contributed by atoms with van der Waals surface area (Å²) < 4.78 is -0.546. The topological polar surface area (TPSA) is 130 Å². The van der Waals surface area contributed by atoms with Crippen molar-refractivity contribution >= 4 is 23.6 Å². The maximum absolute atomic E-state index is 12.5. The van der Waals surface area contributed by atoms with E-state index in [-0.39, 0.29) is 11.3 Å². The zero-order valence-electron chi connectivity index (χ0n) is 13.8. The Labute approximate surface area is 149 Å². The molecule has 25 heavy (non-hydrogen) atoms. The fraction of sp³-hybridized carbons (Fsp3) is 0.500. The van der Waals surface area contributed by atoms with Crippen molar-refractivity contribution in [2.45, 2.75) is 48.4 Å². The number of benzene rings is 1. The Morgan fingerprint density at radius 3 is 2.48 bits per heavy atom. The summed E-state index contributed by atoms with van der Waals surface area (Å²) in [5.74, 6) is -1.32. The number of nitrogens with two attached hydrogens (primary N) is 1. The van der Waals surface area contributed by atoms with Crippen LogP contribution in [-0.4, -0.2) is 45.5 Å². The van der Waals surface area contributed by atoms with E-state index in [9.17, 15) is 14.7 Å². The molecule has 0 unspecified atom stereocenters. The summed E-state index contributed by atoms with van der Waals surface area (Å²) in [5.41, 5.74) is 6.71. The fourth-order valence-corrected chi connectivity index (χ4v) is 4.35. The largest absolute Gasteiger partial charge is 0.480 e. The van der Waals surface area contributed by atoms with Crippen LogP contribution >= 0.6 is 11.8 Å². The lowest BCUT2D eigenvalue weighted by Gasteiger charge is -2.24. The van der Waals surface area contributed by atoms with Crippen LogP contribution in [0, 0.1) is 0 Å². The smallest absolute Gasteiger partial charge is 0.322 e. The zero-order chi connectivity index (χ0) is 18.2. The molecule has 0 spiro atoms. The van der Waals surface area contributed by atoms with Gasteiger partial charge in [-0.1, -0.05) is 30.3 Å². The van der Waals surface area contributed by atoms with E-state index in [4.69, 9.17) is 15.5 Å². The SMILES string of the molecule is CC1(C)S[C@@H]([C@@H](NC(=O)[C@@H](N)c2ccccc2)C2OO2)N[C@H]1C(=O)O. The van der Waals surface area contributed by atoms with Gasteiger partial charge in [0.25, 0.3) is 0 Å². The second-order valence-corrected chi connectivity index (χ2v) is 8.36. The summed E-state index contributed by atoms with van der Waals surface area (Å²) in [6, 6.07) is 6.86. The molecule has 136 valence electrons. The highest BCUT2D eigenvalue weighted by atomic mass is 32.2. The molecule has 3 rings (SSSR count). The van der Waals surface area contributed by atoms with Crippen LogP contribution in [0.25, 0.3) is 0 Å². The van der Waals surface area contributed by atoms with Crippen molar-refractivity contribution in [2.75, 3.05) is 0 Å². The first kappa shape index (κ1) is 18.2. The van der Waals surface area contributed by atoms with Crippen molar-refractivity contribution in [1.29, 1.82) is 0 Å². The third-order valence-electron chi connectivity index (χ3n) is 4.28. The van der Waals surface area contributed by atoms with Crippen LogP contribution in [0.4, 0.5) is 0 Å². The number of thioether (sulfide) groups is 1. The van der Waals surface area contributed by atoms with Gasteiger partial charge < -0.3 is 16.2 Å². The van der Waals surface area contributed by atoms with Crippen molar-refractivity contribution in [1.82, 2.24) is 10.6 Å². The summed E-state index contributed by atoms with van der Waals surface area (Å²) in [5, 5.41) is 14.9. The number of amides is 1. The van der Waals surface area contributed by atoms with E-state index in [0.717, 1.165) is 0 Å². The highest BCUT2D eigenvalue weighted by Gasteiger charge is 2.52. The summed E-state index contributed by atoms with van der Waals surface area (Å²) in [6.07, 6.45) is -0.625. The van der Waals surface area contributed by atoms with Gasteiger partial charge >= 0.3 is 5.97 Å². The molecule has 2 fully saturated rings. The molecule has 0 saturated carbocycles. The van der Waals surface area contributed by atoms with Gasteiger partial charge in [0.05, 0.1) is 5.37 Å². The molecule has 1 aromatic rings. The maximum atomic E-state index is 12.5. The Balaban J connectivity index is 1.70. The predicted molar refractivity (Wildman–Crippen MR) is 91.3 cm³/mol. The molecule has 1 aromatic carbocycles. The van der Waals surface area contributed by atoms with E-state index in [1.54, 1.807) is 24.3 Å². The minimum atomic E-state index is -0.941. The minimum Gasteiger partial charge on any atom is -0.480 e. The monoisotopic (exact) mass is 367 g/mol. The van der Waals surface area contributed by atoms with Crippen molar-refractivity contribution in [3.63, 3.8) is 0 Å². The Morgan fingerprint density at radius 2 is 1.96 bits per heavy atom. The molecular formula is C16H21N3O5S. The Hall–Kier alpha value is -1.65. The zero-order valence-corrected chi connectivity index (χ0v) is 14.7. The molecule has 2 aliphatic rings. The van der Waals surface area contributed by atoms with Crippen molar-refractivity contribution < 1.29 is 24.5 Å². The lowest BCUT2D eigenvalue weighted by Crippen LogP contribution is -2.54. The maximum Gasteiger partial charge on any atom is 0.322 e. The highest BCUT2D eigenvalue weighted by Crippen LogP contribution is 2.41. The van der Waals surface area contributed by atoms with Crippen LogP contribution in [0.5, 0.6) is 0 Å². The van der Waals surface area contributed by atoms with Gasteiger partial charge in [-0.15, -0.1) is 11.8 Å². The Kier molecular flexibility index (Phi) is 5.03. The third kappa shape index (κ3) is 3.96. The van der Waals surface area contributed by atoms with Crippen LogP contribution in [0.2, 0.25) is 0 Å². The van der Waals surface area contributed by atoms with Crippen LogP contribution in [0.1, 0.15) is 25.5 Å². The minimum absolute atomic E-state index is 0.379. The number of aliphatic carboxylic acids is 1. The number of rotatable bonds is 6. The predicted octanol–water partition coefficient (Wildman–Crippen LogP) is 0.353. The molecule has 2 heterocycles. The van der Waals surface area contributed by atoms with Gasteiger partial charge in [-0.05, 0) is 19.4 Å². The molecule has 2 saturated heterocycles. The van der Waals surface area contributed by atoms with Crippen molar-refractivity contribution in [3.8, 4) is 0 Å². The quantitative estimate of drug-likeness (QED) is 0.419. The number of carboxylic acid groups (broad SMARTS) is 1. The normalized spacial score (nSPS) is 27.5. The number of carbonyl (C=O) groups excluding carboxylic acids is 1. The fourth-order valence-electron chi connectivity index (χ4n) is 2.84. The average Bonchev–Trinajstić information content (AvgIpc) is 3.35. The molecule has 1 amide bonds. The molecule has 4 atom stereocenters.